The Morgan fingerprint density at radius 3 is 2.65 bits per heavy atom. The summed E-state index contributed by atoms with van der Waals surface area (Å²) >= 11 is 0. The minimum absolute atomic E-state index is 0.0887. The van der Waals surface area contributed by atoms with E-state index in [1.807, 2.05) is 11.8 Å². The number of carbonyl (C=O) groups is 2. The molecule has 3 atom stereocenters. The van der Waals surface area contributed by atoms with Gasteiger partial charge in [0, 0.05) is 19.1 Å². The Hall–Kier alpha value is -1.14. The largest absolute Gasteiger partial charge is 0.481 e. The van der Waals surface area contributed by atoms with E-state index in [4.69, 9.17) is 9.84 Å². The lowest BCUT2D eigenvalue weighted by atomic mass is 9.85. The van der Waals surface area contributed by atoms with Crippen LogP contribution in [0.5, 0.6) is 0 Å². The van der Waals surface area contributed by atoms with Crippen molar-refractivity contribution in [3.63, 3.8) is 0 Å². The Morgan fingerprint density at radius 1 is 1.30 bits per heavy atom. The molecule has 1 amide bonds. The fraction of sp³-hybridized carbons (Fsp3) is 0.857. The quantitative estimate of drug-likeness (QED) is 0.784. The summed E-state index contributed by atoms with van der Waals surface area (Å²) in [6.45, 7) is 4.36. The third-order valence-corrected chi connectivity index (χ3v) is 4.20. The molecular formula is C14H24N2O4. The van der Waals surface area contributed by atoms with Gasteiger partial charge in [-0.3, -0.25) is 9.59 Å². The average Bonchev–Trinajstić information content (AvgIpc) is 2.47. The van der Waals surface area contributed by atoms with Crippen LogP contribution in [0, 0.1) is 5.92 Å². The maximum atomic E-state index is 12.3. The van der Waals surface area contributed by atoms with E-state index >= 15 is 0 Å². The normalized spacial score (nSPS) is 28.9. The van der Waals surface area contributed by atoms with Crippen molar-refractivity contribution >= 4 is 11.9 Å². The first-order valence-corrected chi connectivity index (χ1v) is 7.43. The smallest absolute Gasteiger partial charge is 0.306 e. The van der Waals surface area contributed by atoms with Gasteiger partial charge in [0.05, 0.1) is 25.2 Å². The van der Waals surface area contributed by atoms with Crippen LogP contribution in [-0.2, 0) is 14.3 Å². The van der Waals surface area contributed by atoms with Crippen LogP contribution in [0.4, 0.5) is 0 Å². The number of hydrogen-bond acceptors (Lipinski definition) is 4. The molecule has 114 valence electrons. The number of carboxylic acids is 1. The average molecular weight is 284 g/mol. The molecule has 2 fully saturated rings. The van der Waals surface area contributed by atoms with Crippen molar-refractivity contribution in [2.45, 2.75) is 44.7 Å². The van der Waals surface area contributed by atoms with Gasteiger partial charge in [-0.2, -0.15) is 0 Å². The molecule has 0 bridgehead atoms. The fourth-order valence-corrected chi connectivity index (χ4v) is 3.05. The van der Waals surface area contributed by atoms with E-state index in [9.17, 15) is 9.59 Å². The number of nitrogens with zero attached hydrogens (tertiary/aromatic N) is 1. The van der Waals surface area contributed by atoms with Crippen molar-refractivity contribution in [1.82, 2.24) is 10.2 Å². The fourth-order valence-electron chi connectivity index (χ4n) is 3.05. The highest BCUT2D eigenvalue weighted by molar-refractivity contribution is 5.81. The zero-order chi connectivity index (χ0) is 14.5. The SMILES string of the molecule is CC(NC1CCCC(C(=O)O)C1)C(=O)N1CCOCC1. The monoisotopic (exact) mass is 284 g/mol. The van der Waals surface area contributed by atoms with Gasteiger partial charge in [0.1, 0.15) is 0 Å². The maximum Gasteiger partial charge on any atom is 0.306 e. The lowest BCUT2D eigenvalue weighted by molar-refractivity contribution is -0.143. The van der Waals surface area contributed by atoms with Crippen LogP contribution >= 0.6 is 0 Å². The predicted molar refractivity (Wildman–Crippen MR) is 73.4 cm³/mol. The van der Waals surface area contributed by atoms with Crippen molar-refractivity contribution in [2.75, 3.05) is 26.3 Å². The number of hydrogen-bond donors (Lipinski definition) is 2. The molecule has 1 saturated heterocycles. The van der Waals surface area contributed by atoms with Gasteiger partial charge in [0.2, 0.25) is 5.91 Å². The number of nitrogens with one attached hydrogen (secondary N) is 1. The van der Waals surface area contributed by atoms with Crippen molar-refractivity contribution in [1.29, 1.82) is 0 Å². The molecule has 2 N–H and O–H groups in total. The van der Waals surface area contributed by atoms with E-state index in [1.165, 1.54) is 0 Å². The van der Waals surface area contributed by atoms with Gasteiger partial charge in [-0.05, 0) is 26.2 Å². The molecule has 0 aromatic heterocycles. The van der Waals surface area contributed by atoms with Gasteiger partial charge in [0.15, 0.2) is 0 Å². The van der Waals surface area contributed by atoms with E-state index in [-0.39, 0.29) is 23.9 Å². The Bertz CT molecular complexity index is 355. The summed E-state index contributed by atoms with van der Waals surface area (Å²) in [4.78, 5) is 25.1. The van der Waals surface area contributed by atoms with Crippen LogP contribution in [0.3, 0.4) is 0 Å². The third kappa shape index (κ3) is 3.93. The van der Waals surface area contributed by atoms with Crippen molar-refractivity contribution in [3.05, 3.63) is 0 Å². The van der Waals surface area contributed by atoms with Gasteiger partial charge < -0.3 is 20.1 Å². The minimum Gasteiger partial charge on any atom is -0.481 e. The van der Waals surface area contributed by atoms with Gasteiger partial charge in [-0.15, -0.1) is 0 Å². The third-order valence-electron chi connectivity index (χ3n) is 4.20. The Morgan fingerprint density at radius 2 is 2.00 bits per heavy atom. The molecule has 6 nitrogen and oxygen atoms in total. The summed E-state index contributed by atoms with van der Waals surface area (Å²) in [6, 6.07) is -0.129. The number of amides is 1. The zero-order valence-electron chi connectivity index (χ0n) is 12.0. The number of aliphatic carboxylic acids is 1. The maximum absolute atomic E-state index is 12.3. The van der Waals surface area contributed by atoms with E-state index < -0.39 is 5.97 Å². The Balaban J connectivity index is 1.82. The van der Waals surface area contributed by atoms with Gasteiger partial charge in [-0.25, -0.2) is 0 Å². The van der Waals surface area contributed by atoms with Crippen LogP contribution in [0.2, 0.25) is 0 Å². The summed E-state index contributed by atoms with van der Waals surface area (Å²) in [5.74, 6) is -0.902. The second-order valence-electron chi connectivity index (χ2n) is 5.72. The highest BCUT2D eigenvalue weighted by atomic mass is 16.5. The predicted octanol–water partition coefficient (Wildman–Crippen LogP) is 0.467. The zero-order valence-corrected chi connectivity index (χ0v) is 12.0. The number of carboxylic acid groups (broad SMARTS) is 1. The molecule has 2 aliphatic rings. The molecule has 1 aliphatic heterocycles. The molecule has 0 aromatic rings. The summed E-state index contributed by atoms with van der Waals surface area (Å²) in [5.41, 5.74) is 0. The van der Waals surface area contributed by atoms with E-state index in [1.54, 1.807) is 0 Å². The first kappa shape index (κ1) is 15.3. The Labute approximate surface area is 119 Å². The molecule has 6 heteroatoms. The van der Waals surface area contributed by atoms with E-state index in [0.29, 0.717) is 32.7 Å². The highest BCUT2D eigenvalue weighted by Gasteiger charge is 2.30. The summed E-state index contributed by atoms with van der Waals surface area (Å²) in [7, 11) is 0. The molecule has 0 radical (unpaired) electrons. The van der Waals surface area contributed by atoms with Crippen LogP contribution in [0.1, 0.15) is 32.6 Å². The summed E-state index contributed by atoms with van der Waals surface area (Å²) in [5, 5.41) is 12.4. The molecule has 20 heavy (non-hydrogen) atoms. The van der Waals surface area contributed by atoms with Gasteiger partial charge >= 0.3 is 5.97 Å². The number of carbonyl (C=O) groups excluding carboxylic acids is 1. The molecule has 1 aliphatic carbocycles. The van der Waals surface area contributed by atoms with E-state index in [0.717, 1.165) is 19.3 Å². The van der Waals surface area contributed by atoms with Crippen LogP contribution in [0.15, 0.2) is 0 Å². The second kappa shape index (κ2) is 7.04. The van der Waals surface area contributed by atoms with Crippen LogP contribution < -0.4 is 5.32 Å². The molecule has 1 heterocycles. The molecule has 3 unspecified atom stereocenters. The first-order valence-electron chi connectivity index (χ1n) is 7.43. The molecular weight excluding hydrogens is 260 g/mol. The molecule has 0 spiro atoms. The number of ether oxygens (including phenoxy) is 1. The summed E-state index contributed by atoms with van der Waals surface area (Å²) in [6.07, 6.45) is 3.23. The highest BCUT2D eigenvalue weighted by Crippen LogP contribution is 2.24. The number of morpholine rings is 1. The lowest BCUT2D eigenvalue weighted by Gasteiger charge is -2.33. The lowest BCUT2D eigenvalue weighted by Crippen LogP contribution is -2.52. The van der Waals surface area contributed by atoms with Crippen molar-refractivity contribution in [3.8, 4) is 0 Å². The Kier molecular flexibility index (Phi) is 5.37. The molecule has 0 aromatic carbocycles. The van der Waals surface area contributed by atoms with Gasteiger partial charge in [-0.1, -0.05) is 6.42 Å². The van der Waals surface area contributed by atoms with E-state index in [2.05, 4.69) is 5.32 Å². The first-order chi connectivity index (χ1) is 9.58. The molecule has 1 saturated carbocycles. The summed E-state index contributed by atoms with van der Waals surface area (Å²) < 4.78 is 5.24. The van der Waals surface area contributed by atoms with Gasteiger partial charge in [0.25, 0.3) is 0 Å². The minimum atomic E-state index is -0.719. The van der Waals surface area contributed by atoms with Crippen LogP contribution in [-0.4, -0.2) is 60.3 Å². The topological polar surface area (TPSA) is 78.9 Å². The molecule has 2 rings (SSSR count). The van der Waals surface area contributed by atoms with Crippen LogP contribution in [0.25, 0.3) is 0 Å². The van der Waals surface area contributed by atoms with Crippen molar-refractivity contribution < 1.29 is 19.4 Å². The number of rotatable bonds is 4. The standard InChI is InChI=1S/C14H24N2O4/c1-10(13(17)16-5-7-20-8-6-16)15-12-4-2-3-11(9-12)14(18)19/h10-12,15H,2-9H2,1H3,(H,18,19). The van der Waals surface area contributed by atoms with Crippen molar-refractivity contribution in [2.24, 2.45) is 5.92 Å². The second-order valence-corrected chi connectivity index (χ2v) is 5.72.